The second-order valence-corrected chi connectivity index (χ2v) is 4.48. The van der Waals surface area contributed by atoms with E-state index in [1.54, 1.807) is 7.05 Å². The minimum Gasteiger partial charge on any atom is -0.373 e. The van der Waals surface area contributed by atoms with Crippen LogP contribution in [0, 0.1) is 5.92 Å². The Morgan fingerprint density at radius 3 is 2.78 bits per heavy atom. The van der Waals surface area contributed by atoms with Gasteiger partial charge in [-0.3, -0.25) is 9.69 Å². The van der Waals surface area contributed by atoms with Gasteiger partial charge >= 0.3 is 0 Å². The van der Waals surface area contributed by atoms with E-state index in [4.69, 9.17) is 0 Å². The third kappa shape index (κ3) is 4.33. The van der Waals surface area contributed by atoms with Gasteiger partial charge in [-0.1, -0.05) is 13.0 Å². The molecule has 1 atom stereocenters. The minimum absolute atomic E-state index is 0.0208. The molecular weight excluding hydrogens is 228 g/mol. The molecule has 0 saturated heterocycles. The summed E-state index contributed by atoms with van der Waals surface area (Å²) in [5.74, 6) is 0.909. The van der Waals surface area contributed by atoms with Crippen LogP contribution in [-0.2, 0) is 11.3 Å². The van der Waals surface area contributed by atoms with Gasteiger partial charge in [0.15, 0.2) is 0 Å². The number of nitrogens with zero attached hydrogens (tertiary/aromatic N) is 2. The number of hydrogen-bond acceptors (Lipinski definition) is 4. The summed E-state index contributed by atoms with van der Waals surface area (Å²) in [5, 5.41) is 5.68. The molecule has 0 aliphatic carbocycles. The van der Waals surface area contributed by atoms with Crippen molar-refractivity contribution in [1.29, 1.82) is 0 Å². The largest absolute Gasteiger partial charge is 0.373 e. The van der Waals surface area contributed by atoms with Gasteiger partial charge in [0.2, 0.25) is 5.91 Å². The molecule has 1 amide bonds. The normalized spacial score (nSPS) is 12.3. The molecule has 1 heterocycles. The predicted molar refractivity (Wildman–Crippen MR) is 73.3 cm³/mol. The van der Waals surface area contributed by atoms with Crippen LogP contribution in [0.4, 0.5) is 5.82 Å². The van der Waals surface area contributed by atoms with Gasteiger partial charge in [-0.25, -0.2) is 4.98 Å². The predicted octanol–water partition coefficient (Wildman–Crippen LogP) is 0.937. The smallest absolute Gasteiger partial charge is 0.223 e. The summed E-state index contributed by atoms with van der Waals surface area (Å²) in [4.78, 5) is 18.0. The zero-order valence-electron chi connectivity index (χ0n) is 11.5. The molecule has 1 aromatic heterocycles. The monoisotopic (exact) mass is 250 g/mol. The van der Waals surface area contributed by atoms with Crippen LogP contribution in [-0.4, -0.2) is 43.5 Å². The topological polar surface area (TPSA) is 57.3 Å². The molecule has 18 heavy (non-hydrogen) atoms. The lowest BCUT2D eigenvalue weighted by molar-refractivity contribution is -0.124. The fraction of sp³-hybridized carbons (Fsp3) is 0.538. The second kappa shape index (κ2) is 6.96. The second-order valence-electron chi connectivity index (χ2n) is 4.48. The average Bonchev–Trinajstić information content (AvgIpc) is 2.37. The van der Waals surface area contributed by atoms with Crippen molar-refractivity contribution in [3.05, 3.63) is 23.9 Å². The van der Waals surface area contributed by atoms with Crippen LogP contribution >= 0.6 is 0 Å². The van der Waals surface area contributed by atoms with E-state index in [0.29, 0.717) is 6.54 Å². The van der Waals surface area contributed by atoms with E-state index < -0.39 is 0 Å². The van der Waals surface area contributed by atoms with Crippen LogP contribution in [0.15, 0.2) is 18.2 Å². The summed E-state index contributed by atoms with van der Waals surface area (Å²) >= 11 is 0. The van der Waals surface area contributed by atoms with E-state index in [1.807, 2.05) is 39.2 Å². The fourth-order valence-corrected chi connectivity index (χ4v) is 1.84. The van der Waals surface area contributed by atoms with E-state index in [-0.39, 0.29) is 11.8 Å². The van der Waals surface area contributed by atoms with Crippen molar-refractivity contribution in [3.8, 4) is 0 Å². The highest BCUT2D eigenvalue weighted by molar-refractivity contribution is 5.78. The molecule has 0 aliphatic heterocycles. The highest BCUT2D eigenvalue weighted by Crippen LogP contribution is 2.07. The van der Waals surface area contributed by atoms with E-state index in [2.05, 4.69) is 20.5 Å². The van der Waals surface area contributed by atoms with Gasteiger partial charge in [0.25, 0.3) is 0 Å². The lowest BCUT2D eigenvalue weighted by atomic mass is 10.1. The van der Waals surface area contributed by atoms with Gasteiger partial charge in [-0.15, -0.1) is 0 Å². The zero-order chi connectivity index (χ0) is 13.5. The van der Waals surface area contributed by atoms with Crippen LogP contribution in [0.5, 0.6) is 0 Å². The summed E-state index contributed by atoms with van der Waals surface area (Å²) in [7, 11) is 5.51. The molecular formula is C13H22N4O. The average molecular weight is 250 g/mol. The zero-order valence-corrected chi connectivity index (χ0v) is 11.5. The van der Waals surface area contributed by atoms with E-state index in [9.17, 15) is 4.79 Å². The molecule has 0 aromatic carbocycles. The van der Waals surface area contributed by atoms with Crippen LogP contribution < -0.4 is 10.6 Å². The van der Waals surface area contributed by atoms with Crippen LogP contribution in [0.2, 0.25) is 0 Å². The molecule has 0 radical (unpaired) electrons. The van der Waals surface area contributed by atoms with Gasteiger partial charge in [0.1, 0.15) is 5.82 Å². The Morgan fingerprint density at radius 1 is 1.44 bits per heavy atom. The first-order chi connectivity index (χ1) is 8.56. The molecule has 5 heteroatoms. The molecule has 1 aromatic rings. The van der Waals surface area contributed by atoms with Crippen molar-refractivity contribution in [2.24, 2.45) is 5.92 Å². The Balaban J connectivity index is 2.53. The van der Waals surface area contributed by atoms with Crippen molar-refractivity contribution in [1.82, 2.24) is 15.2 Å². The number of rotatable bonds is 6. The van der Waals surface area contributed by atoms with E-state index in [0.717, 1.165) is 18.1 Å². The molecule has 0 saturated carbocycles. The van der Waals surface area contributed by atoms with E-state index >= 15 is 0 Å². The molecule has 0 aliphatic rings. The lowest BCUT2D eigenvalue weighted by Crippen LogP contribution is -2.34. The van der Waals surface area contributed by atoms with Gasteiger partial charge in [0.05, 0.1) is 5.69 Å². The number of carbonyl (C=O) groups is 1. The number of aromatic nitrogens is 1. The van der Waals surface area contributed by atoms with Crippen molar-refractivity contribution in [3.63, 3.8) is 0 Å². The molecule has 1 unspecified atom stereocenters. The Morgan fingerprint density at radius 2 is 2.17 bits per heavy atom. The molecule has 0 bridgehead atoms. The minimum atomic E-state index is -0.0208. The summed E-state index contributed by atoms with van der Waals surface area (Å²) < 4.78 is 0. The maximum absolute atomic E-state index is 11.4. The fourth-order valence-electron chi connectivity index (χ4n) is 1.84. The summed E-state index contributed by atoms with van der Waals surface area (Å²) in [6, 6.07) is 5.89. The van der Waals surface area contributed by atoms with E-state index in [1.165, 1.54) is 0 Å². The number of carbonyl (C=O) groups excluding carboxylic acids is 1. The van der Waals surface area contributed by atoms with Crippen molar-refractivity contribution in [2.45, 2.75) is 13.5 Å². The SMILES string of the molecule is CNC(=O)C(C)CN(C)Cc1cccc(NC)n1. The quantitative estimate of drug-likeness (QED) is 0.789. The van der Waals surface area contributed by atoms with Crippen LogP contribution in [0.25, 0.3) is 0 Å². The Hall–Kier alpha value is -1.62. The number of nitrogens with one attached hydrogen (secondary N) is 2. The molecule has 0 fully saturated rings. The maximum Gasteiger partial charge on any atom is 0.223 e. The Bertz CT molecular complexity index is 394. The van der Waals surface area contributed by atoms with Crippen molar-refractivity contribution < 1.29 is 4.79 Å². The standard InChI is InChI=1S/C13H22N4O/c1-10(13(18)15-3)8-17(4)9-11-6-5-7-12(14-2)16-11/h5-7,10H,8-9H2,1-4H3,(H,14,16)(H,15,18). The summed E-state index contributed by atoms with van der Waals surface area (Å²) in [5.41, 5.74) is 0.994. The van der Waals surface area contributed by atoms with Crippen molar-refractivity contribution >= 4 is 11.7 Å². The molecule has 1 rings (SSSR count). The number of anilines is 1. The number of amides is 1. The molecule has 100 valence electrons. The third-order valence-electron chi connectivity index (χ3n) is 2.77. The van der Waals surface area contributed by atoms with Gasteiger partial charge < -0.3 is 10.6 Å². The highest BCUT2D eigenvalue weighted by Gasteiger charge is 2.13. The number of pyridine rings is 1. The Kier molecular flexibility index (Phi) is 5.58. The van der Waals surface area contributed by atoms with Crippen LogP contribution in [0.1, 0.15) is 12.6 Å². The highest BCUT2D eigenvalue weighted by atomic mass is 16.1. The van der Waals surface area contributed by atoms with Gasteiger partial charge in [0, 0.05) is 33.1 Å². The van der Waals surface area contributed by atoms with Crippen LogP contribution in [0.3, 0.4) is 0 Å². The molecule has 2 N–H and O–H groups in total. The summed E-state index contributed by atoms with van der Waals surface area (Å²) in [6.07, 6.45) is 0. The third-order valence-corrected chi connectivity index (χ3v) is 2.77. The summed E-state index contributed by atoms with van der Waals surface area (Å²) in [6.45, 7) is 3.37. The van der Waals surface area contributed by atoms with Gasteiger partial charge in [-0.05, 0) is 19.2 Å². The first kappa shape index (κ1) is 14.4. The first-order valence-corrected chi connectivity index (χ1v) is 6.10. The molecule has 5 nitrogen and oxygen atoms in total. The van der Waals surface area contributed by atoms with Crippen molar-refractivity contribution in [2.75, 3.05) is 33.0 Å². The number of hydrogen-bond donors (Lipinski definition) is 2. The Labute approximate surface area is 109 Å². The van der Waals surface area contributed by atoms with Gasteiger partial charge in [-0.2, -0.15) is 0 Å². The first-order valence-electron chi connectivity index (χ1n) is 6.10. The maximum atomic E-state index is 11.4. The lowest BCUT2D eigenvalue weighted by Gasteiger charge is -2.20. The molecule has 0 spiro atoms.